The van der Waals surface area contributed by atoms with Gasteiger partial charge < -0.3 is 15.3 Å². The summed E-state index contributed by atoms with van der Waals surface area (Å²) < 4.78 is 0. The van der Waals surface area contributed by atoms with Crippen molar-refractivity contribution >= 4 is 6.03 Å². The Morgan fingerprint density at radius 1 is 1.47 bits per heavy atom. The first-order chi connectivity index (χ1) is 8.13. The maximum atomic E-state index is 11.5. The van der Waals surface area contributed by atoms with Gasteiger partial charge in [0.25, 0.3) is 0 Å². The standard InChI is InChI=1S/C13H20N2O2/c1-11-4-3-5-12(10-11)6-7-14-13(17)15(2)8-9-16/h3-5,10,16H,6-9H2,1-2H3,(H,14,17). The summed E-state index contributed by atoms with van der Waals surface area (Å²) in [5.74, 6) is 0. The molecule has 0 saturated carbocycles. The Hall–Kier alpha value is -1.55. The van der Waals surface area contributed by atoms with Gasteiger partial charge >= 0.3 is 6.03 Å². The summed E-state index contributed by atoms with van der Waals surface area (Å²) >= 11 is 0. The number of nitrogens with zero attached hydrogens (tertiary/aromatic N) is 1. The Labute approximate surface area is 102 Å². The highest BCUT2D eigenvalue weighted by molar-refractivity contribution is 5.73. The molecule has 1 aromatic carbocycles. The molecule has 0 heterocycles. The van der Waals surface area contributed by atoms with Crippen molar-refractivity contribution in [3.63, 3.8) is 0 Å². The van der Waals surface area contributed by atoms with E-state index in [0.29, 0.717) is 13.1 Å². The monoisotopic (exact) mass is 236 g/mol. The minimum Gasteiger partial charge on any atom is -0.395 e. The van der Waals surface area contributed by atoms with Crippen molar-refractivity contribution in [1.29, 1.82) is 0 Å². The summed E-state index contributed by atoms with van der Waals surface area (Å²) in [5, 5.41) is 11.5. The second kappa shape index (κ2) is 6.91. The van der Waals surface area contributed by atoms with E-state index in [4.69, 9.17) is 5.11 Å². The van der Waals surface area contributed by atoms with Crippen molar-refractivity contribution in [3.05, 3.63) is 35.4 Å². The van der Waals surface area contributed by atoms with Crippen LogP contribution in [-0.2, 0) is 6.42 Å². The summed E-state index contributed by atoms with van der Waals surface area (Å²) in [6.07, 6.45) is 0.820. The molecule has 4 heteroatoms. The number of benzene rings is 1. The molecule has 0 unspecified atom stereocenters. The molecule has 0 aromatic heterocycles. The van der Waals surface area contributed by atoms with Crippen LogP contribution in [0.1, 0.15) is 11.1 Å². The number of aryl methyl sites for hydroxylation is 1. The van der Waals surface area contributed by atoms with Crippen LogP contribution in [0.4, 0.5) is 4.79 Å². The summed E-state index contributed by atoms with van der Waals surface area (Å²) in [7, 11) is 1.66. The third-order valence-corrected chi connectivity index (χ3v) is 2.55. The molecular weight excluding hydrogens is 216 g/mol. The van der Waals surface area contributed by atoms with Crippen LogP contribution in [0, 0.1) is 6.92 Å². The molecule has 0 bridgehead atoms. The van der Waals surface area contributed by atoms with Gasteiger partial charge in [0, 0.05) is 20.1 Å². The number of rotatable bonds is 5. The van der Waals surface area contributed by atoms with Gasteiger partial charge in [-0.15, -0.1) is 0 Å². The number of likely N-dealkylation sites (N-methyl/N-ethyl adjacent to an activating group) is 1. The molecule has 2 N–H and O–H groups in total. The van der Waals surface area contributed by atoms with Crippen molar-refractivity contribution in [2.45, 2.75) is 13.3 Å². The zero-order valence-electron chi connectivity index (χ0n) is 10.4. The smallest absolute Gasteiger partial charge is 0.317 e. The third kappa shape index (κ3) is 4.87. The van der Waals surface area contributed by atoms with Gasteiger partial charge in [0.05, 0.1) is 6.61 Å². The molecule has 0 radical (unpaired) electrons. The van der Waals surface area contributed by atoms with Crippen LogP contribution in [0.5, 0.6) is 0 Å². The van der Waals surface area contributed by atoms with Crippen LogP contribution < -0.4 is 5.32 Å². The number of hydrogen-bond acceptors (Lipinski definition) is 2. The van der Waals surface area contributed by atoms with E-state index in [1.54, 1.807) is 7.05 Å². The molecule has 17 heavy (non-hydrogen) atoms. The van der Waals surface area contributed by atoms with E-state index in [-0.39, 0.29) is 12.6 Å². The number of nitrogens with one attached hydrogen (secondary N) is 1. The van der Waals surface area contributed by atoms with Gasteiger partial charge in [-0.05, 0) is 18.9 Å². The van der Waals surface area contributed by atoms with Crippen LogP contribution >= 0.6 is 0 Å². The molecule has 0 fully saturated rings. The fourth-order valence-corrected chi connectivity index (χ4v) is 1.57. The second-order valence-electron chi connectivity index (χ2n) is 4.12. The van der Waals surface area contributed by atoms with Gasteiger partial charge in [-0.2, -0.15) is 0 Å². The molecule has 0 aliphatic rings. The molecule has 94 valence electrons. The summed E-state index contributed by atoms with van der Waals surface area (Å²) in [6.45, 7) is 3.01. The number of carbonyl (C=O) groups excluding carboxylic acids is 1. The maximum absolute atomic E-state index is 11.5. The topological polar surface area (TPSA) is 52.6 Å². The third-order valence-electron chi connectivity index (χ3n) is 2.55. The SMILES string of the molecule is Cc1cccc(CCNC(=O)N(C)CCO)c1. The highest BCUT2D eigenvalue weighted by atomic mass is 16.3. The minimum absolute atomic E-state index is 0.0121. The highest BCUT2D eigenvalue weighted by Crippen LogP contribution is 2.03. The van der Waals surface area contributed by atoms with Gasteiger partial charge in [-0.25, -0.2) is 4.79 Å². The highest BCUT2D eigenvalue weighted by Gasteiger charge is 2.05. The Bertz CT molecular complexity index is 366. The van der Waals surface area contributed by atoms with Crippen molar-refractivity contribution in [2.24, 2.45) is 0 Å². The molecular formula is C13H20N2O2. The number of aliphatic hydroxyl groups is 1. The van der Waals surface area contributed by atoms with E-state index in [0.717, 1.165) is 6.42 Å². The van der Waals surface area contributed by atoms with Crippen LogP contribution in [0.2, 0.25) is 0 Å². The van der Waals surface area contributed by atoms with Crippen molar-refractivity contribution in [1.82, 2.24) is 10.2 Å². The molecule has 1 aromatic rings. The van der Waals surface area contributed by atoms with Crippen molar-refractivity contribution in [3.8, 4) is 0 Å². The van der Waals surface area contributed by atoms with E-state index >= 15 is 0 Å². The fraction of sp³-hybridized carbons (Fsp3) is 0.462. The van der Waals surface area contributed by atoms with Gasteiger partial charge in [0.15, 0.2) is 0 Å². The molecule has 2 amide bonds. The van der Waals surface area contributed by atoms with Crippen LogP contribution in [0.15, 0.2) is 24.3 Å². The largest absolute Gasteiger partial charge is 0.395 e. The predicted molar refractivity (Wildman–Crippen MR) is 68.0 cm³/mol. The second-order valence-corrected chi connectivity index (χ2v) is 4.12. The van der Waals surface area contributed by atoms with Gasteiger partial charge in [0.2, 0.25) is 0 Å². The average molecular weight is 236 g/mol. The quantitative estimate of drug-likeness (QED) is 0.806. The summed E-state index contributed by atoms with van der Waals surface area (Å²) in [4.78, 5) is 13.0. The average Bonchev–Trinajstić information content (AvgIpc) is 2.29. The van der Waals surface area contributed by atoms with Crippen molar-refractivity contribution < 1.29 is 9.90 Å². The predicted octanol–water partition coefficient (Wildman–Crippen LogP) is 1.17. The minimum atomic E-state index is -0.147. The number of urea groups is 1. The van der Waals surface area contributed by atoms with E-state index in [1.807, 2.05) is 6.07 Å². The molecule has 0 aliphatic carbocycles. The number of aliphatic hydroxyl groups excluding tert-OH is 1. The summed E-state index contributed by atoms with van der Waals surface area (Å²) in [5.41, 5.74) is 2.45. The lowest BCUT2D eigenvalue weighted by Gasteiger charge is -2.16. The van der Waals surface area contributed by atoms with E-state index in [9.17, 15) is 4.79 Å². The Morgan fingerprint density at radius 3 is 2.88 bits per heavy atom. The van der Waals surface area contributed by atoms with Crippen LogP contribution in [-0.4, -0.2) is 42.8 Å². The molecule has 0 saturated heterocycles. The number of carbonyl (C=O) groups is 1. The first-order valence-corrected chi connectivity index (χ1v) is 5.79. The number of amides is 2. The van der Waals surface area contributed by atoms with Crippen molar-refractivity contribution in [2.75, 3.05) is 26.7 Å². The van der Waals surface area contributed by atoms with E-state index in [2.05, 4.69) is 30.4 Å². The Kier molecular flexibility index (Phi) is 5.49. The zero-order chi connectivity index (χ0) is 12.7. The lowest BCUT2D eigenvalue weighted by atomic mass is 10.1. The summed E-state index contributed by atoms with van der Waals surface area (Å²) in [6, 6.07) is 8.09. The number of hydrogen-bond donors (Lipinski definition) is 2. The Balaban J connectivity index is 2.30. The van der Waals surface area contributed by atoms with Gasteiger partial charge in [0.1, 0.15) is 0 Å². The maximum Gasteiger partial charge on any atom is 0.317 e. The van der Waals surface area contributed by atoms with Crippen LogP contribution in [0.3, 0.4) is 0 Å². The van der Waals surface area contributed by atoms with E-state index < -0.39 is 0 Å². The molecule has 0 spiro atoms. The molecule has 1 rings (SSSR count). The first kappa shape index (κ1) is 13.5. The van der Waals surface area contributed by atoms with Gasteiger partial charge in [-0.3, -0.25) is 0 Å². The fourth-order valence-electron chi connectivity index (χ4n) is 1.57. The molecule has 0 aliphatic heterocycles. The lowest BCUT2D eigenvalue weighted by molar-refractivity contribution is 0.190. The molecule has 4 nitrogen and oxygen atoms in total. The molecule has 0 atom stereocenters. The van der Waals surface area contributed by atoms with Crippen LogP contribution in [0.25, 0.3) is 0 Å². The van der Waals surface area contributed by atoms with Gasteiger partial charge in [-0.1, -0.05) is 29.8 Å². The normalized spacial score (nSPS) is 10.1. The Morgan fingerprint density at radius 2 is 2.24 bits per heavy atom. The lowest BCUT2D eigenvalue weighted by Crippen LogP contribution is -2.39. The zero-order valence-corrected chi connectivity index (χ0v) is 10.4. The first-order valence-electron chi connectivity index (χ1n) is 5.79. The van der Waals surface area contributed by atoms with E-state index in [1.165, 1.54) is 16.0 Å².